The van der Waals surface area contributed by atoms with Crippen molar-refractivity contribution in [1.29, 1.82) is 0 Å². The van der Waals surface area contributed by atoms with Crippen LogP contribution in [0.1, 0.15) is 5.56 Å². The number of anilines is 1. The first-order chi connectivity index (χ1) is 8.58. The summed E-state index contributed by atoms with van der Waals surface area (Å²) >= 11 is 0. The molecular formula is C12H8F4N2. The fourth-order valence-electron chi connectivity index (χ4n) is 1.39. The van der Waals surface area contributed by atoms with E-state index in [-0.39, 0.29) is 12.1 Å². The lowest BCUT2D eigenvalue weighted by Gasteiger charge is -2.07. The van der Waals surface area contributed by atoms with E-state index in [0.29, 0.717) is 6.07 Å². The lowest BCUT2D eigenvalue weighted by Crippen LogP contribution is -2.07. The van der Waals surface area contributed by atoms with Crippen molar-refractivity contribution >= 4 is 5.82 Å². The third-order valence-corrected chi connectivity index (χ3v) is 2.29. The monoisotopic (exact) mass is 256 g/mol. The zero-order valence-corrected chi connectivity index (χ0v) is 9.05. The van der Waals surface area contributed by atoms with Gasteiger partial charge in [-0.2, -0.15) is 9.37 Å². The van der Waals surface area contributed by atoms with E-state index in [9.17, 15) is 17.6 Å². The van der Waals surface area contributed by atoms with E-state index in [4.69, 9.17) is 0 Å². The van der Waals surface area contributed by atoms with Gasteiger partial charge in [0.25, 0.3) is 5.95 Å². The van der Waals surface area contributed by atoms with E-state index in [1.165, 1.54) is 18.2 Å². The molecule has 0 bridgehead atoms. The van der Waals surface area contributed by atoms with Crippen LogP contribution >= 0.6 is 0 Å². The Bertz CT molecular complexity index is 572. The summed E-state index contributed by atoms with van der Waals surface area (Å²) in [4.78, 5) is 3.07. The summed E-state index contributed by atoms with van der Waals surface area (Å²) in [5.74, 6) is -4.76. The van der Waals surface area contributed by atoms with Crippen molar-refractivity contribution in [2.75, 3.05) is 5.32 Å². The minimum absolute atomic E-state index is 0.0817. The standard InChI is InChI=1S/C12H8F4N2/c13-8-4-2-1-3-7(8)6-17-12-10(15)5-9(14)11(16)18-12/h1-5H,6H2,(H,17,18). The van der Waals surface area contributed by atoms with Gasteiger partial charge in [0.15, 0.2) is 17.5 Å². The average Bonchev–Trinajstić information content (AvgIpc) is 2.34. The van der Waals surface area contributed by atoms with Gasteiger partial charge in [-0.1, -0.05) is 18.2 Å². The fourth-order valence-corrected chi connectivity index (χ4v) is 1.39. The molecule has 1 aromatic carbocycles. The zero-order valence-electron chi connectivity index (χ0n) is 9.05. The molecular weight excluding hydrogens is 248 g/mol. The molecule has 0 fully saturated rings. The molecule has 0 atom stereocenters. The molecule has 0 aliphatic carbocycles. The molecule has 0 radical (unpaired) electrons. The number of aromatic nitrogens is 1. The summed E-state index contributed by atoms with van der Waals surface area (Å²) < 4.78 is 51.9. The summed E-state index contributed by atoms with van der Waals surface area (Å²) in [7, 11) is 0. The summed E-state index contributed by atoms with van der Waals surface area (Å²) in [6.45, 7) is -0.0817. The van der Waals surface area contributed by atoms with Crippen LogP contribution in [-0.4, -0.2) is 4.98 Å². The summed E-state index contributed by atoms with van der Waals surface area (Å²) in [6, 6.07) is 6.22. The first-order valence-electron chi connectivity index (χ1n) is 5.06. The molecule has 6 heteroatoms. The maximum Gasteiger partial charge on any atom is 0.251 e. The average molecular weight is 256 g/mol. The van der Waals surface area contributed by atoms with Crippen molar-refractivity contribution in [3.8, 4) is 0 Å². The SMILES string of the molecule is Fc1ccccc1CNc1nc(F)c(F)cc1F. The van der Waals surface area contributed by atoms with E-state index < -0.39 is 29.2 Å². The zero-order chi connectivity index (χ0) is 13.1. The minimum atomic E-state index is -1.41. The molecule has 18 heavy (non-hydrogen) atoms. The van der Waals surface area contributed by atoms with Gasteiger partial charge >= 0.3 is 0 Å². The van der Waals surface area contributed by atoms with Crippen LogP contribution in [0.15, 0.2) is 30.3 Å². The first kappa shape index (κ1) is 12.3. The number of rotatable bonds is 3. The van der Waals surface area contributed by atoms with Crippen LogP contribution in [-0.2, 0) is 6.54 Å². The minimum Gasteiger partial charge on any atom is -0.363 e. The molecule has 0 aliphatic rings. The van der Waals surface area contributed by atoms with E-state index in [1.807, 2.05) is 0 Å². The Balaban J connectivity index is 2.16. The Morgan fingerprint density at radius 1 is 0.944 bits per heavy atom. The highest BCUT2D eigenvalue weighted by Crippen LogP contribution is 2.16. The Morgan fingerprint density at radius 3 is 2.39 bits per heavy atom. The summed E-state index contributed by atoms with van der Waals surface area (Å²) in [6.07, 6.45) is 0. The van der Waals surface area contributed by atoms with Crippen LogP contribution in [0.2, 0.25) is 0 Å². The largest absolute Gasteiger partial charge is 0.363 e. The van der Waals surface area contributed by atoms with Crippen LogP contribution in [0, 0.1) is 23.4 Å². The molecule has 0 aliphatic heterocycles. The van der Waals surface area contributed by atoms with Crippen LogP contribution in [0.4, 0.5) is 23.4 Å². The number of nitrogens with one attached hydrogen (secondary N) is 1. The molecule has 0 unspecified atom stereocenters. The second kappa shape index (κ2) is 5.03. The van der Waals surface area contributed by atoms with Crippen molar-refractivity contribution in [2.45, 2.75) is 6.54 Å². The van der Waals surface area contributed by atoms with Crippen molar-refractivity contribution in [3.63, 3.8) is 0 Å². The number of nitrogens with zero attached hydrogens (tertiary/aromatic N) is 1. The number of hydrogen-bond donors (Lipinski definition) is 1. The second-order valence-electron chi connectivity index (χ2n) is 3.54. The Kier molecular flexibility index (Phi) is 3.45. The smallest absolute Gasteiger partial charge is 0.251 e. The highest BCUT2D eigenvalue weighted by molar-refractivity contribution is 5.37. The molecule has 0 saturated heterocycles. The topological polar surface area (TPSA) is 24.9 Å². The van der Waals surface area contributed by atoms with Gasteiger partial charge in [-0.15, -0.1) is 0 Å². The maximum absolute atomic E-state index is 13.2. The Morgan fingerprint density at radius 2 is 1.67 bits per heavy atom. The molecule has 2 aromatic rings. The summed E-state index contributed by atoms with van der Waals surface area (Å²) in [5, 5.41) is 2.41. The molecule has 0 amide bonds. The van der Waals surface area contributed by atoms with E-state index >= 15 is 0 Å². The lowest BCUT2D eigenvalue weighted by molar-refractivity contribution is 0.466. The highest BCUT2D eigenvalue weighted by atomic mass is 19.2. The first-order valence-corrected chi connectivity index (χ1v) is 5.06. The van der Waals surface area contributed by atoms with Gasteiger partial charge < -0.3 is 5.32 Å². The highest BCUT2D eigenvalue weighted by Gasteiger charge is 2.11. The van der Waals surface area contributed by atoms with Crippen molar-refractivity contribution in [2.24, 2.45) is 0 Å². The molecule has 1 N–H and O–H groups in total. The van der Waals surface area contributed by atoms with Crippen LogP contribution in [0.5, 0.6) is 0 Å². The lowest BCUT2D eigenvalue weighted by atomic mass is 10.2. The maximum atomic E-state index is 13.2. The quantitative estimate of drug-likeness (QED) is 0.673. The van der Waals surface area contributed by atoms with Gasteiger partial charge in [0.1, 0.15) is 5.82 Å². The third kappa shape index (κ3) is 2.58. The van der Waals surface area contributed by atoms with Gasteiger partial charge in [0.05, 0.1) is 0 Å². The molecule has 0 spiro atoms. The fraction of sp³-hybridized carbons (Fsp3) is 0.0833. The van der Waals surface area contributed by atoms with Gasteiger partial charge in [-0.05, 0) is 6.07 Å². The normalized spacial score (nSPS) is 10.4. The number of hydrogen-bond acceptors (Lipinski definition) is 2. The van der Waals surface area contributed by atoms with Gasteiger partial charge in [0.2, 0.25) is 0 Å². The molecule has 2 nitrogen and oxygen atoms in total. The van der Waals surface area contributed by atoms with E-state index in [0.717, 1.165) is 0 Å². The van der Waals surface area contributed by atoms with Crippen LogP contribution in [0.25, 0.3) is 0 Å². The van der Waals surface area contributed by atoms with Crippen LogP contribution in [0.3, 0.4) is 0 Å². The predicted molar refractivity (Wildman–Crippen MR) is 57.8 cm³/mol. The van der Waals surface area contributed by atoms with Gasteiger partial charge in [0, 0.05) is 18.2 Å². The Hall–Kier alpha value is -2.11. The third-order valence-electron chi connectivity index (χ3n) is 2.29. The van der Waals surface area contributed by atoms with Crippen molar-refractivity contribution < 1.29 is 17.6 Å². The predicted octanol–water partition coefficient (Wildman–Crippen LogP) is 3.25. The van der Waals surface area contributed by atoms with Gasteiger partial charge in [-0.3, -0.25) is 0 Å². The Labute approximate surface area is 100 Å². The molecule has 2 rings (SSSR count). The molecule has 94 valence electrons. The van der Waals surface area contributed by atoms with E-state index in [1.54, 1.807) is 6.07 Å². The number of halogens is 4. The molecule has 0 saturated carbocycles. The second-order valence-corrected chi connectivity index (χ2v) is 3.54. The van der Waals surface area contributed by atoms with Crippen LogP contribution < -0.4 is 5.32 Å². The van der Waals surface area contributed by atoms with Crippen molar-refractivity contribution in [3.05, 3.63) is 59.3 Å². The molecule has 1 aromatic heterocycles. The van der Waals surface area contributed by atoms with E-state index in [2.05, 4.69) is 10.3 Å². The number of benzene rings is 1. The number of pyridine rings is 1. The van der Waals surface area contributed by atoms with Gasteiger partial charge in [-0.25, -0.2) is 13.2 Å². The molecule has 1 heterocycles. The summed E-state index contributed by atoms with van der Waals surface area (Å²) in [5.41, 5.74) is 0.267. The van der Waals surface area contributed by atoms with Crippen molar-refractivity contribution in [1.82, 2.24) is 4.98 Å².